The predicted octanol–water partition coefficient (Wildman–Crippen LogP) is 1.39. The number of rotatable bonds is 5. The third kappa shape index (κ3) is 6.68. The maximum absolute atomic E-state index is 12.3. The Bertz CT molecular complexity index is 546. The topological polar surface area (TPSA) is 88.2 Å². The van der Waals surface area contributed by atoms with Crippen LogP contribution in [0.2, 0.25) is 0 Å². The average Bonchev–Trinajstić information content (AvgIpc) is 2.61. The molecule has 8 nitrogen and oxygen atoms in total. The average molecular weight is 383 g/mol. The van der Waals surface area contributed by atoms with Gasteiger partial charge in [0, 0.05) is 26.2 Å². The normalized spacial score (nSPS) is 24.3. The van der Waals surface area contributed by atoms with E-state index < -0.39 is 11.6 Å². The number of ether oxygens (including phenoxy) is 2. The summed E-state index contributed by atoms with van der Waals surface area (Å²) in [5.74, 6) is -0.128. The zero-order chi connectivity index (χ0) is 20.0. The summed E-state index contributed by atoms with van der Waals surface area (Å²) in [5, 5.41) is 2.82. The largest absolute Gasteiger partial charge is 0.469 e. The van der Waals surface area contributed by atoms with Crippen LogP contribution in [0.4, 0.5) is 4.79 Å². The molecule has 0 spiro atoms. The van der Waals surface area contributed by atoms with Crippen molar-refractivity contribution in [2.45, 2.75) is 58.1 Å². The fourth-order valence-corrected chi connectivity index (χ4v) is 3.63. The molecule has 2 aliphatic rings. The second-order valence-electron chi connectivity index (χ2n) is 8.35. The van der Waals surface area contributed by atoms with Gasteiger partial charge in [0.15, 0.2) is 0 Å². The van der Waals surface area contributed by atoms with Gasteiger partial charge < -0.3 is 19.7 Å². The van der Waals surface area contributed by atoms with Crippen LogP contribution < -0.4 is 5.32 Å². The SMILES string of the molecule is COC(=O)C[C@@H]1C(=O)NCCN1CC[C@H]1CCCN(C(=O)OC(C)(C)C)C1. The maximum atomic E-state index is 12.3. The van der Waals surface area contributed by atoms with Gasteiger partial charge in [0.2, 0.25) is 5.91 Å². The first kappa shape index (κ1) is 21.5. The highest BCUT2D eigenvalue weighted by atomic mass is 16.6. The Kier molecular flexibility index (Phi) is 7.47. The van der Waals surface area contributed by atoms with Crippen molar-refractivity contribution < 1.29 is 23.9 Å². The van der Waals surface area contributed by atoms with Gasteiger partial charge in [-0.05, 0) is 52.5 Å². The Morgan fingerprint density at radius 2 is 2.00 bits per heavy atom. The van der Waals surface area contributed by atoms with Gasteiger partial charge in [0.25, 0.3) is 0 Å². The third-order valence-electron chi connectivity index (χ3n) is 5.02. The fourth-order valence-electron chi connectivity index (χ4n) is 3.63. The molecule has 2 aliphatic heterocycles. The Morgan fingerprint density at radius 1 is 1.26 bits per heavy atom. The highest BCUT2D eigenvalue weighted by Crippen LogP contribution is 2.23. The number of carbonyl (C=O) groups excluding carboxylic acids is 3. The van der Waals surface area contributed by atoms with Gasteiger partial charge in [-0.25, -0.2) is 4.79 Å². The first-order valence-corrected chi connectivity index (χ1v) is 9.76. The van der Waals surface area contributed by atoms with E-state index in [1.807, 2.05) is 20.8 Å². The molecule has 2 heterocycles. The highest BCUT2D eigenvalue weighted by molar-refractivity contribution is 5.87. The summed E-state index contributed by atoms with van der Waals surface area (Å²) in [7, 11) is 1.33. The maximum Gasteiger partial charge on any atom is 0.410 e. The molecular formula is C19H33N3O5. The van der Waals surface area contributed by atoms with Crippen molar-refractivity contribution in [2.24, 2.45) is 5.92 Å². The molecule has 0 bridgehead atoms. The number of amides is 2. The minimum Gasteiger partial charge on any atom is -0.469 e. The van der Waals surface area contributed by atoms with Gasteiger partial charge in [0.05, 0.1) is 19.6 Å². The van der Waals surface area contributed by atoms with Crippen LogP contribution in [-0.2, 0) is 19.1 Å². The number of piperazine rings is 1. The first-order valence-electron chi connectivity index (χ1n) is 9.76. The Balaban J connectivity index is 1.87. The number of esters is 1. The lowest BCUT2D eigenvalue weighted by Gasteiger charge is -2.37. The van der Waals surface area contributed by atoms with E-state index >= 15 is 0 Å². The molecule has 8 heteroatoms. The van der Waals surface area contributed by atoms with Gasteiger partial charge in [-0.2, -0.15) is 0 Å². The lowest BCUT2D eigenvalue weighted by Crippen LogP contribution is -2.56. The third-order valence-corrected chi connectivity index (χ3v) is 5.02. The minimum atomic E-state index is -0.494. The molecule has 0 unspecified atom stereocenters. The van der Waals surface area contributed by atoms with Crippen molar-refractivity contribution in [1.82, 2.24) is 15.1 Å². The summed E-state index contributed by atoms with van der Waals surface area (Å²) >= 11 is 0. The number of carbonyl (C=O) groups is 3. The molecule has 154 valence electrons. The zero-order valence-corrected chi connectivity index (χ0v) is 17.0. The molecule has 2 saturated heterocycles. The number of likely N-dealkylation sites (tertiary alicyclic amines) is 1. The van der Waals surface area contributed by atoms with Crippen molar-refractivity contribution in [3.8, 4) is 0 Å². The van der Waals surface area contributed by atoms with E-state index in [2.05, 4.69) is 10.2 Å². The standard InChI is InChI=1S/C19H33N3O5/c1-19(2,3)27-18(25)22-9-5-6-14(13-22)7-10-21-11-8-20-17(24)15(21)12-16(23)26-4/h14-15H,5-13H2,1-4H3,(H,20,24)/t14-,15-/m1/s1. The molecule has 2 amide bonds. The fraction of sp³-hybridized carbons (Fsp3) is 0.842. The molecular weight excluding hydrogens is 350 g/mol. The Labute approximate surface area is 161 Å². The van der Waals surface area contributed by atoms with Crippen LogP contribution in [0, 0.1) is 5.92 Å². The van der Waals surface area contributed by atoms with E-state index in [1.54, 1.807) is 4.90 Å². The van der Waals surface area contributed by atoms with E-state index in [0.29, 0.717) is 19.0 Å². The summed E-state index contributed by atoms with van der Waals surface area (Å²) in [4.78, 5) is 39.9. The number of hydrogen-bond acceptors (Lipinski definition) is 6. The van der Waals surface area contributed by atoms with E-state index in [9.17, 15) is 14.4 Å². The van der Waals surface area contributed by atoms with Crippen LogP contribution in [0.15, 0.2) is 0 Å². The lowest BCUT2D eigenvalue weighted by atomic mass is 9.94. The molecule has 2 atom stereocenters. The van der Waals surface area contributed by atoms with Crippen molar-refractivity contribution in [3.05, 3.63) is 0 Å². The van der Waals surface area contributed by atoms with Crippen LogP contribution in [0.1, 0.15) is 46.5 Å². The highest BCUT2D eigenvalue weighted by Gasteiger charge is 2.33. The quantitative estimate of drug-likeness (QED) is 0.722. The molecule has 27 heavy (non-hydrogen) atoms. The lowest BCUT2D eigenvalue weighted by molar-refractivity contribution is -0.146. The molecule has 2 fully saturated rings. The number of nitrogens with zero attached hydrogens (tertiary/aromatic N) is 2. The van der Waals surface area contributed by atoms with Gasteiger partial charge >= 0.3 is 12.1 Å². The summed E-state index contributed by atoms with van der Waals surface area (Å²) in [6.07, 6.45) is 2.70. The van der Waals surface area contributed by atoms with Gasteiger partial charge in [-0.1, -0.05) is 0 Å². The molecule has 2 rings (SSSR count). The Hall–Kier alpha value is -1.83. The van der Waals surface area contributed by atoms with Crippen LogP contribution >= 0.6 is 0 Å². The first-order chi connectivity index (χ1) is 12.7. The predicted molar refractivity (Wildman–Crippen MR) is 100 cm³/mol. The number of hydrogen-bond donors (Lipinski definition) is 1. The Morgan fingerprint density at radius 3 is 2.67 bits per heavy atom. The smallest absolute Gasteiger partial charge is 0.410 e. The van der Waals surface area contributed by atoms with Gasteiger partial charge in [-0.15, -0.1) is 0 Å². The summed E-state index contributed by atoms with van der Waals surface area (Å²) in [5.41, 5.74) is -0.494. The number of nitrogens with one attached hydrogen (secondary N) is 1. The molecule has 0 aromatic heterocycles. The van der Waals surface area contributed by atoms with Crippen LogP contribution in [0.5, 0.6) is 0 Å². The zero-order valence-electron chi connectivity index (χ0n) is 17.0. The van der Waals surface area contributed by atoms with E-state index in [0.717, 1.165) is 38.9 Å². The summed E-state index contributed by atoms with van der Waals surface area (Å²) in [6, 6.07) is -0.475. The van der Waals surface area contributed by atoms with Crippen molar-refractivity contribution in [1.29, 1.82) is 0 Å². The van der Waals surface area contributed by atoms with Gasteiger partial charge in [-0.3, -0.25) is 14.5 Å². The summed E-state index contributed by atoms with van der Waals surface area (Å²) in [6.45, 7) is 9.04. The van der Waals surface area contributed by atoms with Crippen molar-refractivity contribution in [3.63, 3.8) is 0 Å². The van der Waals surface area contributed by atoms with E-state index in [4.69, 9.17) is 9.47 Å². The van der Waals surface area contributed by atoms with Gasteiger partial charge in [0.1, 0.15) is 5.60 Å². The molecule has 0 saturated carbocycles. The monoisotopic (exact) mass is 383 g/mol. The van der Waals surface area contributed by atoms with Crippen LogP contribution in [0.3, 0.4) is 0 Å². The van der Waals surface area contributed by atoms with Crippen LogP contribution in [-0.4, -0.2) is 79.2 Å². The second-order valence-corrected chi connectivity index (χ2v) is 8.35. The van der Waals surface area contributed by atoms with Crippen LogP contribution in [0.25, 0.3) is 0 Å². The van der Waals surface area contributed by atoms with Crippen molar-refractivity contribution in [2.75, 3.05) is 39.8 Å². The minimum absolute atomic E-state index is 0.0665. The molecule has 1 N–H and O–H groups in total. The number of methoxy groups -OCH3 is 1. The molecule has 0 aromatic carbocycles. The summed E-state index contributed by atoms with van der Waals surface area (Å²) < 4.78 is 10.2. The van der Waals surface area contributed by atoms with E-state index in [-0.39, 0.29) is 24.4 Å². The van der Waals surface area contributed by atoms with Crippen molar-refractivity contribution >= 4 is 18.0 Å². The molecule has 0 aliphatic carbocycles. The van der Waals surface area contributed by atoms with E-state index in [1.165, 1.54) is 7.11 Å². The molecule has 0 aromatic rings. The second kappa shape index (κ2) is 9.39. The molecule has 0 radical (unpaired) electrons. The number of piperidine rings is 1.